The molecule has 30 heavy (non-hydrogen) atoms. The molecule has 9 heteroatoms. The van der Waals surface area contributed by atoms with Gasteiger partial charge in [-0.15, -0.1) is 0 Å². The summed E-state index contributed by atoms with van der Waals surface area (Å²) < 4.78 is 3.04. The molecule has 1 aromatic carbocycles. The van der Waals surface area contributed by atoms with Crippen LogP contribution in [0.2, 0.25) is 0 Å². The van der Waals surface area contributed by atoms with E-state index in [4.69, 9.17) is 0 Å². The van der Waals surface area contributed by atoms with Crippen LogP contribution in [0.25, 0.3) is 22.7 Å². The van der Waals surface area contributed by atoms with Crippen molar-refractivity contribution in [3.8, 4) is 11.6 Å². The molecular weight excluding hydrogens is 382 g/mol. The first-order valence-corrected chi connectivity index (χ1v) is 9.44. The van der Waals surface area contributed by atoms with Gasteiger partial charge in [0, 0.05) is 6.07 Å². The van der Waals surface area contributed by atoms with Crippen molar-refractivity contribution in [1.29, 1.82) is 0 Å². The number of allylic oxidation sites excluding steroid dienone is 1. The Morgan fingerprint density at radius 2 is 2.00 bits per heavy atom. The van der Waals surface area contributed by atoms with Crippen LogP contribution in [-0.4, -0.2) is 35.4 Å². The Hall–Kier alpha value is -4.01. The maximum absolute atomic E-state index is 12.7. The van der Waals surface area contributed by atoms with Crippen LogP contribution in [0.15, 0.2) is 47.4 Å². The quantitative estimate of drug-likeness (QED) is 0.509. The molecule has 0 unspecified atom stereocenters. The van der Waals surface area contributed by atoms with Crippen molar-refractivity contribution in [2.75, 3.05) is 5.32 Å². The Morgan fingerprint density at radius 1 is 1.20 bits per heavy atom. The van der Waals surface area contributed by atoms with Crippen LogP contribution in [0.3, 0.4) is 0 Å². The number of benzene rings is 1. The molecule has 1 amide bonds. The highest BCUT2D eigenvalue weighted by molar-refractivity contribution is 5.98. The zero-order chi connectivity index (χ0) is 21.4. The number of nitrogens with one attached hydrogen (secondary N) is 2. The summed E-state index contributed by atoms with van der Waals surface area (Å²) in [5, 5.41) is 11.9. The molecule has 4 aromatic rings. The van der Waals surface area contributed by atoms with Crippen LogP contribution in [-0.2, 0) is 4.79 Å². The molecule has 0 spiro atoms. The van der Waals surface area contributed by atoms with Crippen LogP contribution in [0.5, 0.6) is 0 Å². The van der Waals surface area contributed by atoms with Gasteiger partial charge in [-0.3, -0.25) is 14.6 Å². The molecule has 3 heterocycles. The van der Waals surface area contributed by atoms with Gasteiger partial charge < -0.3 is 5.32 Å². The molecule has 0 aliphatic rings. The number of carbonyl (C=O) groups excluding carboxylic acids is 1. The molecule has 0 radical (unpaired) electrons. The molecule has 0 saturated carbocycles. The maximum atomic E-state index is 12.7. The topological polar surface area (TPSA) is 110 Å². The Balaban J connectivity index is 1.90. The zero-order valence-electron chi connectivity index (χ0n) is 17.1. The number of H-pyrrole nitrogens is 1. The van der Waals surface area contributed by atoms with Gasteiger partial charge in [-0.05, 0) is 51.0 Å². The molecule has 0 bridgehead atoms. The van der Waals surface area contributed by atoms with Crippen molar-refractivity contribution in [3.63, 3.8) is 0 Å². The van der Waals surface area contributed by atoms with Gasteiger partial charge in [0.25, 0.3) is 5.56 Å². The van der Waals surface area contributed by atoms with Crippen LogP contribution < -0.4 is 10.9 Å². The lowest BCUT2D eigenvalue weighted by molar-refractivity contribution is -0.111. The highest BCUT2D eigenvalue weighted by Gasteiger charge is 2.17. The van der Waals surface area contributed by atoms with Gasteiger partial charge in [0.2, 0.25) is 11.9 Å². The Labute approximate surface area is 172 Å². The normalized spacial score (nSPS) is 11.5. The van der Waals surface area contributed by atoms with Gasteiger partial charge in [0.15, 0.2) is 5.65 Å². The predicted molar refractivity (Wildman–Crippen MR) is 114 cm³/mol. The van der Waals surface area contributed by atoms with Gasteiger partial charge in [0.05, 0.1) is 17.6 Å². The second kappa shape index (κ2) is 7.43. The predicted octanol–water partition coefficient (Wildman–Crippen LogP) is 2.73. The molecule has 4 rings (SSSR count). The third kappa shape index (κ3) is 3.30. The number of nitrogens with zero attached hydrogens (tertiary/aromatic N) is 5. The van der Waals surface area contributed by atoms with Gasteiger partial charge >= 0.3 is 0 Å². The van der Waals surface area contributed by atoms with E-state index in [9.17, 15) is 9.59 Å². The number of aryl methyl sites for hydroxylation is 2. The summed E-state index contributed by atoms with van der Waals surface area (Å²) in [6.07, 6.45) is 4.54. The van der Waals surface area contributed by atoms with E-state index in [0.717, 1.165) is 16.8 Å². The summed E-state index contributed by atoms with van der Waals surface area (Å²) in [7, 11) is 0. The van der Waals surface area contributed by atoms with Crippen molar-refractivity contribution in [3.05, 3.63) is 69.8 Å². The first-order chi connectivity index (χ1) is 14.4. The molecule has 0 aliphatic heterocycles. The second-order valence-corrected chi connectivity index (χ2v) is 6.97. The van der Waals surface area contributed by atoms with E-state index < -0.39 is 0 Å². The Bertz CT molecular complexity index is 1360. The number of carbonyl (C=O) groups is 1. The first-order valence-electron chi connectivity index (χ1n) is 9.44. The highest BCUT2D eigenvalue weighted by Crippen LogP contribution is 2.21. The number of hydrogen-bond acceptors (Lipinski definition) is 5. The van der Waals surface area contributed by atoms with E-state index in [-0.39, 0.29) is 17.4 Å². The van der Waals surface area contributed by atoms with Gasteiger partial charge in [-0.25, -0.2) is 4.68 Å². The Morgan fingerprint density at radius 3 is 2.77 bits per heavy atom. The molecule has 0 saturated heterocycles. The number of amides is 1. The lowest BCUT2D eigenvalue weighted by atomic mass is 10.1. The van der Waals surface area contributed by atoms with Gasteiger partial charge in [0.1, 0.15) is 11.2 Å². The minimum Gasteiger partial charge on any atom is -0.307 e. The summed E-state index contributed by atoms with van der Waals surface area (Å²) >= 11 is 0. The maximum Gasteiger partial charge on any atom is 0.263 e. The lowest BCUT2D eigenvalue weighted by Gasteiger charge is -2.10. The smallest absolute Gasteiger partial charge is 0.263 e. The standard InChI is InChI=1S/C21H21N7O2/c1-5-7-18(29)23-17-10-13(3)26-28(17)21-24-19-15(20(30)25-21)11-22-27(19)16-9-6-8-12(2)14(16)4/h5-11H,1-4H3,(H,23,29)(H,24,25,30)/b7-5-. The molecule has 9 nitrogen and oxygen atoms in total. The van der Waals surface area contributed by atoms with E-state index in [1.165, 1.54) is 17.0 Å². The fourth-order valence-electron chi connectivity index (χ4n) is 3.22. The van der Waals surface area contributed by atoms with Crippen molar-refractivity contribution < 1.29 is 4.79 Å². The molecule has 0 aliphatic carbocycles. The highest BCUT2D eigenvalue weighted by atomic mass is 16.1. The second-order valence-electron chi connectivity index (χ2n) is 6.97. The van der Waals surface area contributed by atoms with Crippen LogP contribution in [0.1, 0.15) is 23.7 Å². The van der Waals surface area contributed by atoms with E-state index in [0.29, 0.717) is 22.5 Å². The zero-order valence-corrected chi connectivity index (χ0v) is 17.1. The summed E-state index contributed by atoms with van der Waals surface area (Å²) in [6.45, 7) is 7.56. The largest absolute Gasteiger partial charge is 0.307 e. The monoisotopic (exact) mass is 403 g/mol. The number of anilines is 1. The first kappa shape index (κ1) is 19.3. The summed E-state index contributed by atoms with van der Waals surface area (Å²) in [5.74, 6) is 0.279. The van der Waals surface area contributed by atoms with Crippen molar-refractivity contribution in [2.24, 2.45) is 0 Å². The lowest BCUT2D eigenvalue weighted by Crippen LogP contribution is -2.18. The average Bonchev–Trinajstić information content (AvgIpc) is 3.28. The molecule has 152 valence electrons. The third-order valence-corrected chi connectivity index (χ3v) is 4.83. The van der Waals surface area contributed by atoms with E-state index in [1.807, 2.05) is 32.0 Å². The summed E-state index contributed by atoms with van der Waals surface area (Å²) in [4.78, 5) is 32.1. The SMILES string of the molecule is C/C=C\C(=O)Nc1cc(C)nn1-c1nc2c(cnn2-c2cccc(C)c2C)c(=O)[nH]1. The minimum absolute atomic E-state index is 0.184. The van der Waals surface area contributed by atoms with Crippen molar-refractivity contribution in [2.45, 2.75) is 27.7 Å². The van der Waals surface area contributed by atoms with Crippen molar-refractivity contribution >= 4 is 22.8 Å². The molecular formula is C21H21N7O2. The van der Waals surface area contributed by atoms with Crippen LogP contribution >= 0.6 is 0 Å². The van der Waals surface area contributed by atoms with Gasteiger partial charge in [-0.1, -0.05) is 18.2 Å². The fraction of sp³-hybridized carbons (Fsp3) is 0.190. The summed E-state index contributed by atoms with van der Waals surface area (Å²) in [5.41, 5.74) is 3.72. The van der Waals surface area contributed by atoms with Crippen LogP contribution in [0.4, 0.5) is 5.82 Å². The molecule has 2 N–H and O–H groups in total. The third-order valence-electron chi connectivity index (χ3n) is 4.83. The number of aromatic amines is 1. The molecule has 0 atom stereocenters. The molecule has 0 fully saturated rings. The molecule has 3 aromatic heterocycles. The number of hydrogen-bond donors (Lipinski definition) is 2. The van der Waals surface area contributed by atoms with E-state index in [2.05, 4.69) is 25.5 Å². The number of rotatable bonds is 4. The van der Waals surface area contributed by atoms with Crippen LogP contribution in [0, 0.1) is 20.8 Å². The van der Waals surface area contributed by atoms with Gasteiger partial charge in [-0.2, -0.15) is 19.9 Å². The van der Waals surface area contributed by atoms with Crippen molar-refractivity contribution in [1.82, 2.24) is 29.5 Å². The average molecular weight is 403 g/mol. The van der Waals surface area contributed by atoms with E-state index in [1.54, 1.807) is 30.7 Å². The fourth-order valence-corrected chi connectivity index (χ4v) is 3.22. The Kier molecular flexibility index (Phi) is 4.78. The minimum atomic E-state index is -0.342. The van der Waals surface area contributed by atoms with E-state index >= 15 is 0 Å². The number of aromatic nitrogens is 6. The number of fused-ring (bicyclic) bond motifs is 1. The summed E-state index contributed by atoms with van der Waals surface area (Å²) in [6, 6.07) is 7.58.